The van der Waals surface area contributed by atoms with Crippen LogP contribution in [0.1, 0.15) is 40.0 Å². The van der Waals surface area contributed by atoms with Crippen molar-refractivity contribution in [1.29, 1.82) is 0 Å². The predicted octanol–water partition coefficient (Wildman–Crippen LogP) is 5.46. The number of ketones is 1. The van der Waals surface area contributed by atoms with E-state index >= 15 is 0 Å². The number of benzene rings is 3. The molecule has 0 saturated carbocycles. The minimum absolute atomic E-state index is 0.0932. The molecule has 0 bridgehead atoms. The van der Waals surface area contributed by atoms with Crippen LogP contribution >= 0.6 is 11.6 Å². The average Bonchev–Trinajstić information content (AvgIpc) is 3.14. The molecule has 1 aliphatic heterocycles. The van der Waals surface area contributed by atoms with Gasteiger partial charge in [-0.3, -0.25) is 14.5 Å². The molecular formula is C28H24ClNO6. The molecular weight excluding hydrogens is 482 g/mol. The molecule has 0 radical (unpaired) electrons. The van der Waals surface area contributed by atoms with Crippen molar-refractivity contribution in [3.8, 4) is 5.75 Å². The molecule has 36 heavy (non-hydrogen) atoms. The van der Waals surface area contributed by atoms with Gasteiger partial charge in [-0.25, -0.2) is 4.79 Å². The number of halogens is 1. The lowest BCUT2D eigenvalue weighted by atomic mass is 9.92. The van der Waals surface area contributed by atoms with E-state index in [2.05, 4.69) is 0 Å². The fourth-order valence-electron chi connectivity index (χ4n) is 4.27. The van der Waals surface area contributed by atoms with E-state index in [9.17, 15) is 19.5 Å². The van der Waals surface area contributed by atoms with E-state index in [1.165, 1.54) is 30.2 Å². The van der Waals surface area contributed by atoms with Crippen molar-refractivity contribution in [2.75, 3.05) is 18.6 Å². The lowest BCUT2D eigenvalue weighted by Gasteiger charge is -2.27. The summed E-state index contributed by atoms with van der Waals surface area (Å²) in [5.74, 6) is -2.25. The fourth-order valence-corrected chi connectivity index (χ4v) is 4.44. The Kier molecular flexibility index (Phi) is 7.12. The summed E-state index contributed by atoms with van der Waals surface area (Å²) in [4.78, 5) is 40.2. The third-order valence-electron chi connectivity index (χ3n) is 6.00. The average molecular weight is 506 g/mol. The summed E-state index contributed by atoms with van der Waals surface area (Å²) in [6.45, 7) is 3.80. The Morgan fingerprint density at radius 2 is 1.75 bits per heavy atom. The number of aliphatic hydroxyl groups is 1. The van der Waals surface area contributed by atoms with E-state index in [0.717, 1.165) is 5.56 Å². The molecule has 1 saturated heterocycles. The molecule has 184 valence electrons. The number of Topliss-reactive ketones (excluding diaryl/α,β-unsaturated/α-hetero) is 1. The number of amides is 1. The van der Waals surface area contributed by atoms with Crippen molar-refractivity contribution in [2.24, 2.45) is 0 Å². The second-order valence-corrected chi connectivity index (χ2v) is 8.57. The van der Waals surface area contributed by atoms with E-state index < -0.39 is 29.5 Å². The Morgan fingerprint density at radius 1 is 1.06 bits per heavy atom. The molecule has 0 aromatic heterocycles. The van der Waals surface area contributed by atoms with Gasteiger partial charge in [-0.1, -0.05) is 35.9 Å². The van der Waals surface area contributed by atoms with Crippen molar-refractivity contribution >= 4 is 40.7 Å². The summed E-state index contributed by atoms with van der Waals surface area (Å²) in [5, 5.41) is 11.7. The first-order valence-corrected chi connectivity index (χ1v) is 11.6. The summed E-state index contributed by atoms with van der Waals surface area (Å²) in [6.07, 6.45) is 0. The van der Waals surface area contributed by atoms with Crippen molar-refractivity contribution in [3.05, 3.63) is 99.6 Å². The number of aryl methyl sites for hydroxylation is 1. The van der Waals surface area contributed by atoms with Gasteiger partial charge in [0.1, 0.15) is 11.5 Å². The molecule has 4 rings (SSSR count). The molecule has 1 heterocycles. The van der Waals surface area contributed by atoms with E-state index in [-0.39, 0.29) is 17.7 Å². The van der Waals surface area contributed by atoms with Gasteiger partial charge in [0.15, 0.2) is 0 Å². The number of ether oxygens (including phenoxy) is 2. The predicted molar refractivity (Wildman–Crippen MR) is 136 cm³/mol. The molecule has 7 nitrogen and oxygen atoms in total. The van der Waals surface area contributed by atoms with Crippen LogP contribution in [-0.2, 0) is 14.3 Å². The molecule has 0 spiro atoms. The van der Waals surface area contributed by atoms with Crippen LogP contribution in [0.15, 0.2) is 72.3 Å². The van der Waals surface area contributed by atoms with Crippen LogP contribution in [0, 0.1) is 6.92 Å². The minimum Gasteiger partial charge on any atom is -0.507 e. The first-order valence-electron chi connectivity index (χ1n) is 11.3. The van der Waals surface area contributed by atoms with Gasteiger partial charge in [0.05, 0.1) is 36.5 Å². The van der Waals surface area contributed by atoms with Crippen LogP contribution in [0.2, 0.25) is 5.02 Å². The summed E-state index contributed by atoms with van der Waals surface area (Å²) < 4.78 is 10.4. The molecule has 1 fully saturated rings. The third-order valence-corrected chi connectivity index (χ3v) is 6.24. The summed E-state index contributed by atoms with van der Waals surface area (Å²) >= 11 is 6.17. The van der Waals surface area contributed by atoms with Gasteiger partial charge in [-0.05, 0) is 67.4 Å². The van der Waals surface area contributed by atoms with Gasteiger partial charge in [0.25, 0.3) is 11.7 Å². The smallest absolute Gasteiger partial charge is 0.338 e. The molecule has 3 aromatic rings. The number of hydrogen-bond acceptors (Lipinski definition) is 6. The molecule has 3 aromatic carbocycles. The fraction of sp³-hybridized carbons (Fsp3) is 0.179. The topological polar surface area (TPSA) is 93.1 Å². The zero-order chi connectivity index (χ0) is 26.0. The quantitative estimate of drug-likeness (QED) is 0.207. The number of esters is 1. The molecule has 0 aliphatic carbocycles. The highest BCUT2D eigenvalue weighted by Crippen LogP contribution is 2.44. The monoisotopic (exact) mass is 505 g/mol. The van der Waals surface area contributed by atoms with E-state index in [1.807, 2.05) is 19.1 Å². The number of methoxy groups -OCH3 is 1. The first kappa shape index (κ1) is 25.0. The number of rotatable bonds is 6. The lowest BCUT2D eigenvalue weighted by molar-refractivity contribution is -0.132. The van der Waals surface area contributed by atoms with Crippen LogP contribution in [0.25, 0.3) is 5.76 Å². The number of nitrogens with zero attached hydrogens (tertiary/aromatic N) is 1. The highest BCUT2D eigenvalue weighted by molar-refractivity contribution is 6.51. The second kappa shape index (κ2) is 10.3. The normalized spacial score (nSPS) is 16.8. The number of hydrogen-bond donors (Lipinski definition) is 1. The van der Waals surface area contributed by atoms with E-state index in [1.54, 1.807) is 43.3 Å². The number of carbonyl (C=O) groups is 3. The Balaban J connectivity index is 1.92. The highest BCUT2D eigenvalue weighted by atomic mass is 35.5. The zero-order valence-corrected chi connectivity index (χ0v) is 20.7. The van der Waals surface area contributed by atoms with Gasteiger partial charge < -0.3 is 14.6 Å². The van der Waals surface area contributed by atoms with Crippen LogP contribution in [0.3, 0.4) is 0 Å². The van der Waals surface area contributed by atoms with Gasteiger partial charge in [0, 0.05) is 10.7 Å². The standard InChI is InChI=1S/C28H24ClNO6/c1-4-36-28(34)17-9-12-19(13-10-17)30-24(20-8-6-5-7-16(20)2)23(26(32)27(30)33)25(31)21-15-18(29)11-14-22(21)35-3/h5-15,24,31H,4H2,1-3H3/b25-23+. The Morgan fingerprint density at radius 3 is 2.39 bits per heavy atom. The van der Waals surface area contributed by atoms with Gasteiger partial charge >= 0.3 is 5.97 Å². The van der Waals surface area contributed by atoms with Gasteiger partial charge in [-0.15, -0.1) is 0 Å². The van der Waals surface area contributed by atoms with Crippen molar-refractivity contribution in [2.45, 2.75) is 19.9 Å². The van der Waals surface area contributed by atoms with Crippen LogP contribution in [0.5, 0.6) is 5.75 Å². The van der Waals surface area contributed by atoms with Crippen molar-refractivity contribution in [3.63, 3.8) is 0 Å². The van der Waals surface area contributed by atoms with Crippen molar-refractivity contribution < 1.29 is 29.0 Å². The summed E-state index contributed by atoms with van der Waals surface area (Å²) in [5.41, 5.74) is 2.28. The molecule has 1 aliphatic rings. The van der Waals surface area contributed by atoms with Crippen LogP contribution in [-0.4, -0.2) is 36.5 Å². The highest BCUT2D eigenvalue weighted by Gasteiger charge is 2.47. The Bertz CT molecular complexity index is 1380. The zero-order valence-electron chi connectivity index (χ0n) is 19.9. The SMILES string of the molecule is CCOC(=O)c1ccc(N2C(=O)C(=O)/C(=C(/O)c3cc(Cl)ccc3OC)C2c2ccccc2C)cc1. The molecule has 8 heteroatoms. The summed E-state index contributed by atoms with van der Waals surface area (Å²) in [7, 11) is 1.43. The van der Waals surface area contributed by atoms with Crippen molar-refractivity contribution in [1.82, 2.24) is 0 Å². The van der Waals surface area contributed by atoms with E-state index in [4.69, 9.17) is 21.1 Å². The molecule has 1 N–H and O–H groups in total. The lowest BCUT2D eigenvalue weighted by Crippen LogP contribution is -2.29. The number of carbonyl (C=O) groups excluding carboxylic acids is 3. The van der Waals surface area contributed by atoms with Crippen LogP contribution < -0.4 is 9.64 Å². The first-order chi connectivity index (χ1) is 17.3. The Labute approximate surface area is 213 Å². The maximum absolute atomic E-state index is 13.4. The molecule has 1 amide bonds. The second-order valence-electron chi connectivity index (χ2n) is 8.14. The number of anilines is 1. The molecule has 1 unspecified atom stereocenters. The number of aliphatic hydroxyl groups excluding tert-OH is 1. The Hall–Kier alpha value is -4.10. The third kappa shape index (κ3) is 4.45. The summed E-state index contributed by atoms with van der Waals surface area (Å²) in [6, 6.07) is 17.2. The minimum atomic E-state index is -0.927. The van der Waals surface area contributed by atoms with E-state index in [0.29, 0.717) is 27.6 Å². The van der Waals surface area contributed by atoms with Gasteiger partial charge in [0.2, 0.25) is 0 Å². The van der Waals surface area contributed by atoms with Crippen LogP contribution in [0.4, 0.5) is 5.69 Å². The van der Waals surface area contributed by atoms with Gasteiger partial charge in [-0.2, -0.15) is 0 Å². The maximum atomic E-state index is 13.4. The largest absolute Gasteiger partial charge is 0.507 e. The maximum Gasteiger partial charge on any atom is 0.338 e. The molecule has 1 atom stereocenters.